The first-order valence-electron chi connectivity index (χ1n) is 8.50. The minimum absolute atomic E-state index is 0.500. The number of nitrogens with zero attached hydrogens (tertiary/aromatic N) is 2. The van der Waals surface area contributed by atoms with Gasteiger partial charge in [0.15, 0.2) is 0 Å². The van der Waals surface area contributed by atoms with E-state index in [1.165, 1.54) is 39.8 Å². The van der Waals surface area contributed by atoms with E-state index in [0.29, 0.717) is 6.04 Å². The van der Waals surface area contributed by atoms with Crippen molar-refractivity contribution in [3.05, 3.63) is 76.5 Å². The number of pyridine rings is 1. The minimum atomic E-state index is 0.500. The number of aromatic nitrogens is 1. The summed E-state index contributed by atoms with van der Waals surface area (Å²) in [6, 6.07) is 18.0. The third kappa shape index (κ3) is 1.95. The van der Waals surface area contributed by atoms with Gasteiger partial charge in [-0.3, -0.25) is 9.88 Å². The number of para-hydroxylation sites is 1. The Kier molecular flexibility index (Phi) is 2.83. The molecule has 0 spiro atoms. The number of benzene rings is 2. The highest BCUT2D eigenvalue weighted by Gasteiger charge is 2.33. The average molecular weight is 300 g/mol. The highest BCUT2D eigenvalue weighted by Crippen LogP contribution is 2.39. The van der Waals surface area contributed by atoms with Gasteiger partial charge in [-0.1, -0.05) is 42.5 Å². The maximum absolute atomic E-state index is 5.01. The molecule has 1 aromatic heterocycles. The van der Waals surface area contributed by atoms with Gasteiger partial charge in [-0.05, 0) is 41.7 Å². The van der Waals surface area contributed by atoms with Crippen LogP contribution in [0.2, 0.25) is 0 Å². The van der Waals surface area contributed by atoms with Gasteiger partial charge in [-0.15, -0.1) is 0 Å². The molecule has 0 saturated heterocycles. The van der Waals surface area contributed by atoms with E-state index in [4.69, 9.17) is 4.98 Å². The summed E-state index contributed by atoms with van der Waals surface area (Å²) < 4.78 is 0. The molecule has 1 unspecified atom stereocenters. The van der Waals surface area contributed by atoms with E-state index in [1.54, 1.807) is 0 Å². The lowest BCUT2D eigenvalue weighted by Gasteiger charge is -2.41. The molecule has 2 aliphatic heterocycles. The fourth-order valence-corrected chi connectivity index (χ4v) is 4.38. The van der Waals surface area contributed by atoms with Crippen LogP contribution in [-0.2, 0) is 19.4 Å². The molecule has 0 fully saturated rings. The van der Waals surface area contributed by atoms with Gasteiger partial charge in [0.05, 0.1) is 5.52 Å². The Morgan fingerprint density at radius 2 is 1.87 bits per heavy atom. The molecule has 114 valence electrons. The van der Waals surface area contributed by atoms with Gasteiger partial charge in [-0.25, -0.2) is 0 Å². The van der Waals surface area contributed by atoms with Crippen LogP contribution >= 0.6 is 0 Å². The van der Waals surface area contributed by atoms with E-state index < -0.39 is 0 Å². The molecule has 0 saturated carbocycles. The molecule has 0 radical (unpaired) electrons. The third-order valence-corrected chi connectivity index (χ3v) is 5.64. The predicted molar refractivity (Wildman–Crippen MR) is 93.5 cm³/mol. The van der Waals surface area contributed by atoms with Gasteiger partial charge in [0.1, 0.15) is 0 Å². The van der Waals surface area contributed by atoms with Crippen LogP contribution in [0.5, 0.6) is 0 Å². The summed E-state index contributed by atoms with van der Waals surface area (Å²) in [5.41, 5.74) is 8.36. The fraction of sp³-hybridized carbons (Fsp3) is 0.286. The van der Waals surface area contributed by atoms with Crippen molar-refractivity contribution in [3.8, 4) is 0 Å². The van der Waals surface area contributed by atoms with Crippen LogP contribution in [0.1, 0.15) is 34.0 Å². The third-order valence-electron chi connectivity index (χ3n) is 5.64. The van der Waals surface area contributed by atoms with Gasteiger partial charge in [-0.2, -0.15) is 0 Å². The lowest BCUT2D eigenvalue weighted by Crippen LogP contribution is -2.40. The maximum Gasteiger partial charge on any atom is 0.0708 e. The number of hydrogen-bond donors (Lipinski definition) is 0. The summed E-state index contributed by atoms with van der Waals surface area (Å²) in [4.78, 5) is 7.66. The average Bonchev–Trinajstić information content (AvgIpc) is 2.61. The van der Waals surface area contributed by atoms with E-state index in [-0.39, 0.29) is 0 Å². The number of aryl methyl sites for hydroxylation is 1. The van der Waals surface area contributed by atoms with Gasteiger partial charge in [0.25, 0.3) is 0 Å². The molecule has 0 N–H and O–H groups in total. The fourth-order valence-electron chi connectivity index (χ4n) is 4.38. The van der Waals surface area contributed by atoms with Gasteiger partial charge >= 0.3 is 0 Å². The second kappa shape index (κ2) is 4.90. The van der Waals surface area contributed by atoms with Gasteiger partial charge in [0, 0.05) is 36.6 Å². The Morgan fingerprint density at radius 1 is 1.04 bits per heavy atom. The summed E-state index contributed by atoms with van der Waals surface area (Å²) in [5.74, 6) is 0. The second-order valence-electron chi connectivity index (χ2n) is 6.82. The Hall–Kier alpha value is -2.19. The second-order valence-corrected chi connectivity index (χ2v) is 6.82. The number of fused-ring (bicyclic) bond motifs is 5. The van der Waals surface area contributed by atoms with E-state index >= 15 is 0 Å². The molecule has 3 heterocycles. The first-order chi connectivity index (χ1) is 11.3. The molecule has 0 aliphatic carbocycles. The van der Waals surface area contributed by atoms with Crippen molar-refractivity contribution in [1.82, 2.24) is 9.88 Å². The summed E-state index contributed by atoms with van der Waals surface area (Å²) in [7, 11) is 0. The van der Waals surface area contributed by atoms with Gasteiger partial charge < -0.3 is 0 Å². The van der Waals surface area contributed by atoms with Crippen molar-refractivity contribution in [2.75, 3.05) is 6.54 Å². The topological polar surface area (TPSA) is 16.1 Å². The molecule has 2 nitrogen and oxygen atoms in total. The standard InChI is InChI=1S/C21H20N2/c1-14-16-7-4-5-9-19(16)22-20-12-21-17-8-3-2-6-15(17)10-11-23(21)13-18(14)20/h2-9,21H,10-13H2,1H3. The molecule has 2 aromatic carbocycles. The van der Waals surface area contributed by atoms with Crippen LogP contribution in [0.15, 0.2) is 48.5 Å². The van der Waals surface area contributed by atoms with Crippen LogP contribution in [-0.4, -0.2) is 16.4 Å². The van der Waals surface area contributed by atoms with Crippen molar-refractivity contribution in [1.29, 1.82) is 0 Å². The normalized spacial score (nSPS) is 20.0. The highest BCUT2D eigenvalue weighted by atomic mass is 15.2. The quantitative estimate of drug-likeness (QED) is 0.618. The highest BCUT2D eigenvalue weighted by molar-refractivity contribution is 5.83. The zero-order chi connectivity index (χ0) is 15.4. The molecule has 2 heteroatoms. The summed E-state index contributed by atoms with van der Waals surface area (Å²) in [6.45, 7) is 4.46. The number of hydrogen-bond acceptors (Lipinski definition) is 2. The minimum Gasteiger partial charge on any atom is -0.291 e. The van der Waals surface area contributed by atoms with Crippen LogP contribution in [0.3, 0.4) is 0 Å². The molecule has 23 heavy (non-hydrogen) atoms. The molecule has 3 aromatic rings. The zero-order valence-corrected chi connectivity index (χ0v) is 13.4. The molecule has 0 amide bonds. The van der Waals surface area contributed by atoms with Crippen molar-refractivity contribution < 1.29 is 0 Å². The lowest BCUT2D eigenvalue weighted by atomic mass is 9.84. The Labute approximate surface area is 136 Å². The summed E-state index contributed by atoms with van der Waals surface area (Å²) in [5, 5.41) is 1.31. The van der Waals surface area contributed by atoms with Crippen LogP contribution < -0.4 is 0 Å². The predicted octanol–water partition coefficient (Wildman–Crippen LogP) is 4.20. The van der Waals surface area contributed by atoms with Crippen molar-refractivity contribution >= 4 is 10.9 Å². The van der Waals surface area contributed by atoms with E-state index in [1.807, 2.05) is 0 Å². The first-order valence-corrected chi connectivity index (χ1v) is 8.50. The van der Waals surface area contributed by atoms with Crippen LogP contribution in [0, 0.1) is 6.92 Å². The number of rotatable bonds is 0. The summed E-state index contributed by atoms with van der Waals surface area (Å²) >= 11 is 0. The summed E-state index contributed by atoms with van der Waals surface area (Å²) in [6.07, 6.45) is 2.21. The van der Waals surface area contributed by atoms with Crippen molar-refractivity contribution in [2.45, 2.75) is 32.4 Å². The maximum atomic E-state index is 5.01. The van der Waals surface area contributed by atoms with Crippen LogP contribution in [0.25, 0.3) is 10.9 Å². The molecule has 5 rings (SSSR count). The first kappa shape index (κ1) is 13.3. The largest absolute Gasteiger partial charge is 0.291 e. The Bertz CT molecular complexity index is 913. The van der Waals surface area contributed by atoms with Crippen LogP contribution in [0.4, 0.5) is 0 Å². The molecule has 1 atom stereocenters. The monoisotopic (exact) mass is 300 g/mol. The van der Waals surface area contributed by atoms with E-state index in [0.717, 1.165) is 25.0 Å². The Morgan fingerprint density at radius 3 is 2.83 bits per heavy atom. The smallest absolute Gasteiger partial charge is 0.0708 e. The molecule has 0 bridgehead atoms. The Balaban J connectivity index is 1.67. The molecular weight excluding hydrogens is 280 g/mol. The SMILES string of the molecule is Cc1c2c(nc3ccccc13)CC1c3ccccc3CCN1C2. The van der Waals surface area contributed by atoms with Crippen molar-refractivity contribution in [3.63, 3.8) is 0 Å². The molecular formula is C21H20N2. The van der Waals surface area contributed by atoms with Gasteiger partial charge in [0.2, 0.25) is 0 Å². The zero-order valence-electron chi connectivity index (χ0n) is 13.4. The van der Waals surface area contributed by atoms with E-state index in [9.17, 15) is 0 Å². The lowest BCUT2D eigenvalue weighted by molar-refractivity contribution is 0.159. The van der Waals surface area contributed by atoms with Crippen molar-refractivity contribution in [2.24, 2.45) is 0 Å². The molecule has 2 aliphatic rings. The van der Waals surface area contributed by atoms with E-state index in [2.05, 4.69) is 60.4 Å².